The molecular formula is C18H19NO5. The van der Waals surface area contributed by atoms with Crippen LogP contribution < -0.4 is 9.47 Å². The molecule has 0 heterocycles. The third-order valence-electron chi connectivity index (χ3n) is 3.79. The van der Waals surface area contributed by atoms with Gasteiger partial charge in [-0.25, -0.2) is 0 Å². The van der Waals surface area contributed by atoms with Crippen LogP contribution in [0.5, 0.6) is 11.5 Å². The molecule has 0 saturated carbocycles. The lowest BCUT2D eigenvalue weighted by molar-refractivity contribution is -0.529. The van der Waals surface area contributed by atoms with E-state index >= 15 is 0 Å². The Kier molecular flexibility index (Phi) is 5.89. The molecule has 6 nitrogen and oxygen atoms in total. The molecule has 0 aromatic heterocycles. The molecule has 2 rings (SSSR count). The van der Waals surface area contributed by atoms with Gasteiger partial charge in [0.1, 0.15) is 11.5 Å². The van der Waals surface area contributed by atoms with E-state index in [-0.39, 0.29) is 23.5 Å². The summed E-state index contributed by atoms with van der Waals surface area (Å²) >= 11 is 0. The Morgan fingerprint density at radius 3 is 2.42 bits per heavy atom. The van der Waals surface area contributed by atoms with Crippen molar-refractivity contribution >= 4 is 5.78 Å². The minimum Gasteiger partial charge on any atom is -0.497 e. The number of benzene rings is 2. The lowest BCUT2D eigenvalue weighted by Crippen LogP contribution is -2.14. The average molecular weight is 329 g/mol. The Morgan fingerprint density at radius 2 is 1.83 bits per heavy atom. The molecule has 126 valence electrons. The number of nitro groups is 1. The number of methoxy groups -OCH3 is 2. The molecule has 0 spiro atoms. The van der Waals surface area contributed by atoms with Crippen molar-refractivity contribution in [3.8, 4) is 11.5 Å². The third kappa shape index (κ3) is 4.10. The number of rotatable bonds is 8. The van der Waals surface area contributed by atoms with Crippen LogP contribution in [0.4, 0.5) is 0 Å². The number of hydrogen-bond donors (Lipinski definition) is 0. The second kappa shape index (κ2) is 8.10. The summed E-state index contributed by atoms with van der Waals surface area (Å²) in [6, 6.07) is 12.6. The molecule has 1 atom stereocenters. The van der Waals surface area contributed by atoms with E-state index in [0.717, 1.165) is 0 Å². The van der Waals surface area contributed by atoms with Crippen LogP contribution in [0, 0.1) is 10.1 Å². The summed E-state index contributed by atoms with van der Waals surface area (Å²) in [5.74, 6) is 0.816. The Hall–Kier alpha value is -2.89. The highest BCUT2D eigenvalue weighted by Gasteiger charge is 2.27. The second-order valence-corrected chi connectivity index (χ2v) is 5.24. The minimum atomic E-state index is -1.02. The first-order valence-corrected chi connectivity index (χ1v) is 7.50. The van der Waals surface area contributed by atoms with Crippen molar-refractivity contribution < 1.29 is 19.2 Å². The van der Waals surface area contributed by atoms with E-state index in [9.17, 15) is 14.9 Å². The number of ether oxygens (including phenoxy) is 2. The van der Waals surface area contributed by atoms with Gasteiger partial charge in [-0.3, -0.25) is 14.9 Å². The summed E-state index contributed by atoms with van der Waals surface area (Å²) in [6.07, 6.45) is 0.189. The highest BCUT2D eigenvalue weighted by Crippen LogP contribution is 2.33. The van der Waals surface area contributed by atoms with Crippen molar-refractivity contribution in [3.63, 3.8) is 0 Å². The number of carbonyl (C=O) groups is 1. The largest absolute Gasteiger partial charge is 0.497 e. The lowest BCUT2D eigenvalue weighted by atomic mass is 9.98. The SMILES string of the molecule is COc1ccc(C(CCC(=O)c2ccccc2)[N+](=O)[O-])c(OC)c1. The Bertz CT molecular complexity index is 715. The second-order valence-electron chi connectivity index (χ2n) is 5.24. The van der Waals surface area contributed by atoms with Crippen LogP contribution >= 0.6 is 0 Å². The quantitative estimate of drug-likeness (QED) is 0.419. The topological polar surface area (TPSA) is 78.7 Å². The molecule has 0 saturated heterocycles. The van der Waals surface area contributed by atoms with Gasteiger partial charge < -0.3 is 9.47 Å². The zero-order valence-corrected chi connectivity index (χ0v) is 13.6. The van der Waals surface area contributed by atoms with Gasteiger partial charge in [-0.15, -0.1) is 0 Å². The van der Waals surface area contributed by atoms with Crippen molar-refractivity contribution in [3.05, 3.63) is 69.8 Å². The van der Waals surface area contributed by atoms with E-state index in [4.69, 9.17) is 9.47 Å². The number of Topliss-reactive ketones (excluding diaryl/α,β-unsaturated/α-hetero) is 1. The minimum absolute atomic E-state index is 0.0881. The van der Waals surface area contributed by atoms with Crippen molar-refractivity contribution in [1.82, 2.24) is 0 Å². The van der Waals surface area contributed by atoms with E-state index in [2.05, 4.69) is 0 Å². The van der Waals surface area contributed by atoms with Gasteiger partial charge in [-0.2, -0.15) is 0 Å². The average Bonchev–Trinajstić information content (AvgIpc) is 2.62. The molecule has 24 heavy (non-hydrogen) atoms. The van der Waals surface area contributed by atoms with Crippen LogP contribution in [0.1, 0.15) is 34.8 Å². The Morgan fingerprint density at radius 1 is 1.12 bits per heavy atom. The summed E-state index contributed by atoms with van der Waals surface area (Å²) in [5, 5.41) is 11.5. The molecule has 0 N–H and O–H groups in total. The van der Waals surface area contributed by atoms with Gasteiger partial charge >= 0.3 is 0 Å². The van der Waals surface area contributed by atoms with E-state index < -0.39 is 6.04 Å². The summed E-state index contributed by atoms with van der Waals surface area (Å²) in [7, 11) is 2.96. The smallest absolute Gasteiger partial charge is 0.242 e. The van der Waals surface area contributed by atoms with Gasteiger partial charge in [0.2, 0.25) is 6.04 Å². The van der Waals surface area contributed by atoms with Crippen molar-refractivity contribution in [1.29, 1.82) is 0 Å². The number of hydrogen-bond acceptors (Lipinski definition) is 5. The van der Waals surface area contributed by atoms with Crippen molar-refractivity contribution in [2.24, 2.45) is 0 Å². The number of carbonyl (C=O) groups excluding carboxylic acids is 1. The van der Waals surface area contributed by atoms with Crippen LogP contribution in [-0.2, 0) is 0 Å². The number of ketones is 1. The first-order valence-electron chi connectivity index (χ1n) is 7.50. The van der Waals surface area contributed by atoms with Crippen LogP contribution in [0.15, 0.2) is 48.5 Å². The molecule has 0 bridgehead atoms. The molecule has 0 fully saturated rings. The maximum absolute atomic E-state index is 12.2. The van der Waals surface area contributed by atoms with Gasteiger partial charge in [-0.05, 0) is 12.1 Å². The van der Waals surface area contributed by atoms with Crippen LogP contribution in [-0.4, -0.2) is 24.9 Å². The van der Waals surface area contributed by atoms with E-state index in [1.165, 1.54) is 14.2 Å². The predicted octanol–water partition coefficient (Wildman–Crippen LogP) is 3.68. The maximum atomic E-state index is 12.2. The van der Waals surface area contributed by atoms with E-state index in [1.54, 1.807) is 42.5 Å². The monoisotopic (exact) mass is 329 g/mol. The molecule has 2 aromatic rings. The molecule has 1 unspecified atom stereocenters. The molecule has 0 radical (unpaired) electrons. The van der Waals surface area contributed by atoms with Crippen molar-refractivity contribution in [2.75, 3.05) is 14.2 Å². The molecule has 0 aliphatic rings. The predicted molar refractivity (Wildman–Crippen MR) is 89.3 cm³/mol. The molecule has 0 aliphatic carbocycles. The zero-order valence-electron chi connectivity index (χ0n) is 13.6. The Labute approximate surface area is 140 Å². The fourth-order valence-corrected chi connectivity index (χ4v) is 2.50. The Balaban J connectivity index is 2.18. The van der Waals surface area contributed by atoms with Crippen LogP contribution in [0.25, 0.3) is 0 Å². The van der Waals surface area contributed by atoms with Gasteiger partial charge in [-0.1, -0.05) is 30.3 Å². The van der Waals surface area contributed by atoms with Gasteiger partial charge in [0.15, 0.2) is 5.78 Å². The van der Waals surface area contributed by atoms with E-state index in [0.29, 0.717) is 22.6 Å². The summed E-state index contributed by atoms with van der Waals surface area (Å²) in [5.41, 5.74) is 0.991. The van der Waals surface area contributed by atoms with Crippen molar-refractivity contribution in [2.45, 2.75) is 18.9 Å². The van der Waals surface area contributed by atoms with Gasteiger partial charge in [0.05, 0.1) is 19.8 Å². The van der Waals surface area contributed by atoms with Gasteiger partial charge in [0, 0.05) is 29.4 Å². The van der Waals surface area contributed by atoms with E-state index in [1.807, 2.05) is 6.07 Å². The molecular weight excluding hydrogens is 310 g/mol. The highest BCUT2D eigenvalue weighted by molar-refractivity contribution is 5.95. The normalized spacial score (nSPS) is 11.6. The molecule has 0 aliphatic heterocycles. The molecule has 6 heteroatoms. The number of nitrogens with zero attached hydrogens (tertiary/aromatic N) is 1. The fraction of sp³-hybridized carbons (Fsp3) is 0.278. The molecule has 2 aromatic carbocycles. The highest BCUT2D eigenvalue weighted by atomic mass is 16.6. The summed E-state index contributed by atoms with van der Waals surface area (Å²) in [4.78, 5) is 23.3. The van der Waals surface area contributed by atoms with Gasteiger partial charge in [0.25, 0.3) is 0 Å². The lowest BCUT2D eigenvalue weighted by Gasteiger charge is -2.14. The summed E-state index contributed by atoms with van der Waals surface area (Å²) < 4.78 is 10.3. The first kappa shape index (κ1) is 17.5. The molecule has 0 amide bonds. The van der Waals surface area contributed by atoms with Crippen LogP contribution in [0.2, 0.25) is 0 Å². The third-order valence-corrected chi connectivity index (χ3v) is 3.79. The first-order chi connectivity index (χ1) is 11.6. The summed E-state index contributed by atoms with van der Waals surface area (Å²) in [6.45, 7) is 0. The zero-order chi connectivity index (χ0) is 17.5. The van der Waals surface area contributed by atoms with Crippen LogP contribution in [0.3, 0.4) is 0 Å². The fourth-order valence-electron chi connectivity index (χ4n) is 2.50. The maximum Gasteiger partial charge on any atom is 0.242 e. The standard InChI is InChI=1S/C18H19NO5/c1-23-14-8-9-15(18(12-14)24-2)16(19(21)22)10-11-17(20)13-6-4-3-5-7-13/h3-9,12,16H,10-11H2,1-2H3.